The van der Waals surface area contributed by atoms with Gasteiger partial charge >= 0.3 is 12.2 Å². The summed E-state index contributed by atoms with van der Waals surface area (Å²) < 4.78 is 5.83. The summed E-state index contributed by atoms with van der Waals surface area (Å²) in [6, 6.07) is 0.493. The highest BCUT2D eigenvalue weighted by Crippen LogP contribution is 2.57. The average molecular weight is 396 g/mol. The lowest BCUT2D eigenvalue weighted by molar-refractivity contribution is -0.129. The summed E-state index contributed by atoms with van der Waals surface area (Å²) in [6.07, 6.45) is 4.49. The van der Waals surface area contributed by atoms with E-state index in [-0.39, 0.29) is 17.6 Å². The van der Waals surface area contributed by atoms with Crippen LogP contribution in [0, 0.1) is 11.3 Å². The van der Waals surface area contributed by atoms with Gasteiger partial charge in [0.25, 0.3) is 0 Å². The highest BCUT2D eigenvalue weighted by atomic mass is 16.7. The molecule has 3 heterocycles. The van der Waals surface area contributed by atoms with Crippen molar-refractivity contribution in [2.45, 2.75) is 70.1 Å². The van der Waals surface area contributed by atoms with Gasteiger partial charge < -0.3 is 14.7 Å². The molecule has 2 amide bonds. The molecule has 4 atom stereocenters. The van der Waals surface area contributed by atoms with E-state index in [2.05, 4.69) is 18.7 Å². The lowest BCUT2D eigenvalue weighted by Crippen LogP contribution is -2.63. The van der Waals surface area contributed by atoms with Crippen molar-refractivity contribution < 1.29 is 24.3 Å². The molecule has 1 saturated carbocycles. The fourth-order valence-corrected chi connectivity index (χ4v) is 6.61. The second-order valence-corrected chi connectivity index (χ2v) is 9.00. The second kappa shape index (κ2) is 7.06. The van der Waals surface area contributed by atoms with Crippen LogP contribution in [0.25, 0.3) is 0 Å². The normalized spacial score (nSPS) is 37.5. The Hall–Kier alpha value is -1.54. The number of carbonyl (C=O) groups excluding carboxylic acids is 1. The maximum Gasteiger partial charge on any atom is 0.434 e. The van der Waals surface area contributed by atoms with Gasteiger partial charge in [0.1, 0.15) is 11.6 Å². The molecule has 0 radical (unpaired) electrons. The number of piperidine rings is 1. The Morgan fingerprint density at radius 3 is 2.46 bits per heavy atom. The highest BCUT2D eigenvalue weighted by molar-refractivity contribution is 5.70. The van der Waals surface area contributed by atoms with Gasteiger partial charge in [-0.05, 0) is 30.6 Å². The molecule has 28 heavy (non-hydrogen) atoms. The lowest BCUT2D eigenvalue weighted by atomic mass is 9.54. The Labute approximate surface area is 166 Å². The molecule has 4 aliphatic rings. The predicted molar refractivity (Wildman–Crippen MR) is 102 cm³/mol. The van der Waals surface area contributed by atoms with E-state index in [9.17, 15) is 14.7 Å². The standard InChI is InChI=1S/C20H33N3O5/c1-4-14-15(12-19(14)6-9-22(13-19)17(24)25)21-10-7-20(8-11-21)16(5-2)23(27-3)18(26)28-20/h14-16H,4-13H2,1-3H3,(H,24,25). The third-order valence-corrected chi connectivity index (χ3v) is 8.02. The van der Waals surface area contributed by atoms with E-state index in [0.717, 1.165) is 51.6 Å². The molecule has 4 fully saturated rings. The molecule has 2 spiro atoms. The number of rotatable bonds is 4. The largest absolute Gasteiger partial charge is 0.465 e. The minimum absolute atomic E-state index is 0.0270. The van der Waals surface area contributed by atoms with E-state index in [4.69, 9.17) is 9.57 Å². The van der Waals surface area contributed by atoms with Crippen molar-refractivity contribution in [3.8, 4) is 0 Å². The van der Waals surface area contributed by atoms with Crippen molar-refractivity contribution in [1.82, 2.24) is 14.9 Å². The number of nitrogens with zero attached hydrogens (tertiary/aromatic N) is 3. The van der Waals surface area contributed by atoms with Gasteiger partial charge in [0, 0.05) is 45.1 Å². The Kier molecular flexibility index (Phi) is 4.98. The summed E-state index contributed by atoms with van der Waals surface area (Å²) in [4.78, 5) is 33.0. The summed E-state index contributed by atoms with van der Waals surface area (Å²) in [5, 5.41) is 10.7. The third-order valence-electron chi connectivity index (χ3n) is 8.02. The van der Waals surface area contributed by atoms with Gasteiger partial charge in [-0.15, -0.1) is 0 Å². The molecule has 0 aromatic heterocycles. The Morgan fingerprint density at radius 1 is 1.21 bits per heavy atom. The van der Waals surface area contributed by atoms with Crippen molar-refractivity contribution in [3.05, 3.63) is 0 Å². The number of ether oxygens (including phenoxy) is 1. The molecular weight excluding hydrogens is 362 g/mol. The fourth-order valence-electron chi connectivity index (χ4n) is 6.61. The maximum atomic E-state index is 12.2. The molecule has 1 aliphatic carbocycles. The SMILES string of the molecule is CCC1C(N2CCC3(CC2)OC(=O)N(OC)C3CC)CC12CCN(C(=O)O)C2. The number of amides is 2. The van der Waals surface area contributed by atoms with Crippen molar-refractivity contribution in [2.75, 3.05) is 33.3 Å². The van der Waals surface area contributed by atoms with Gasteiger partial charge in [0.15, 0.2) is 0 Å². The van der Waals surface area contributed by atoms with Crippen LogP contribution in [0.5, 0.6) is 0 Å². The summed E-state index contributed by atoms with van der Waals surface area (Å²) in [5.41, 5.74) is -0.263. The molecule has 4 rings (SSSR count). The van der Waals surface area contributed by atoms with Crippen molar-refractivity contribution >= 4 is 12.2 Å². The van der Waals surface area contributed by atoms with Gasteiger partial charge in [-0.3, -0.25) is 9.74 Å². The zero-order chi connectivity index (χ0) is 20.1. The number of carboxylic acid groups (broad SMARTS) is 1. The average Bonchev–Trinajstić information content (AvgIpc) is 3.22. The summed E-state index contributed by atoms with van der Waals surface area (Å²) in [7, 11) is 1.53. The maximum absolute atomic E-state index is 12.2. The first-order chi connectivity index (χ1) is 13.4. The van der Waals surface area contributed by atoms with Crippen LogP contribution < -0.4 is 0 Å². The third kappa shape index (κ3) is 2.79. The first-order valence-electron chi connectivity index (χ1n) is 10.7. The van der Waals surface area contributed by atoms with Crippen molar-refractivity contribution in [1.29, 1.82) is 0 Å². The summed E-state index contributed by atoms with van der Waals surface area (Å²) >= 11 is 0. The Morgan fingerprint density at radius 2 is 1.93 bits per heavy atom. The minimum atomic E-state index is -0.786. The van der Waals surface area contributed by atoms with Crippen LogP contribution in [0.2, 0.25) is 0 Å². The number of hydroxylamine groups is 2. The van der Waals surface area contributed by atoms with Crippen LogP contribution >= 0.6 is 0 Å². The second-order valence-electron chi connectivity index (χ2n) is 9.00. The topological polar surface area (TPSA) is 82.6 Å². The smallest absolute Gasteiger partial charge is 0.434 e. The van der Waals surface area contributed by atoms with Crippen molar-refractivity contribution in [3.63, 3.8) is 0 Å². The van der Waals surface area contributed by atoms with E-state index in [0.29, 0.717) is 25.0 Å². The van der Waals surface area contributed by atoms with Gasteiger partial charge in [-0.2, -0.15) is 5.06 Å². The molecule has 0 aromatic carbocycles. The number of hydrogen-bond donors (Lipinski definition) is 1. The molecule has 158 valence electrons. The molecule has 3 saturated heterocycles. The first kappa shape index (κ1) is 19.8. The monoisotopic (exact) mass is 395 g/mol. The molecule has 1 N–H and O–H groups in total. The van der Waals surface area contributed by atoms with Gasteiger partial charge in [-0.1, -0.05) is 20.3 Å². The molecule has 0 bridgehead atoms. The van der Waals surface area contributed by atoms with Crippen LogP contribution in [0.1, 0.15) is 52.4 Å². The van der Waals surface area contributed by atoms with E-state index in [1.54, 1.807) is 4.90 Å². The van der Waals surface area contributed by atoms with E-state index in [1.807, 2.05) is 0 Å². The number of carbonyl (C=O) groups is 2. The summed E-state index contributed by atoms with van der Waals surface area (Å²) in [6.45, 7) is 7.50. The first-order valence-corrected chi connectivity index (χ1v) is 10.7. The van der Waals surface area contributed by atoms with E-state index < -0.39 is 11.7 Å². The van der Waals surface area contributed by atoms with Crippen molar-refractivity contribution in [2.24, 2.45) is 11.3 Å². The van der Waals surface area contributed by atoms with Gasteiger partial charge in [-0.25, -0.2) is 9.59 Å². The van der Waals surface area contributed by atoms with Gasteiger partial charge in [0.05, 0.1) is 7.11 Å². The molecule has 4 unspecified atom stereocenters. The number of hydrogen-bond acceptors (Lipinski definition) is 5. The van der Waals surface area contributed by atoms with Crippen LogP contribution in [0.4, 0.5) is 9.59 Å². The Balaban J connectivity index is 1.40. The zero-order valence-corrected chi connectivity index (χ0v) is 17.2. The molecular formula is C20H33N3O5. The van der Waals surface area contributed by atoms with Crippen LogP contribution in [0.15, 0.2) is 0 Å². The molecule has 8 nitrogen and oxygen atoms in total. The summed E-state index contributed by atoms with van der Waals surface area (Å²) in [5.74, 6) is 0.550. The van der Waals surface area contributed by atoms with E-state index >= 15 is 0 Å². The van der Waals surface area contributed by atoms with E-state index in [1.165, 1.54) is 12.2 Å². The minimum Gasteiger partial charge on any atom is -0.465 e. The van der Waals surface area contributed by atoms with Crippen LogP contribution in [-0.4, -0.2) is 83.1 Å². The zero-order valence-electron chi connectivity index (χ0n) is 17.2. The van der Waals surface area contributed by atoms with Crippen LogP contribution in [-0.2, 0) is 9.57 Å². The molecule has 8 heteroatoms. The lowest BCUT2D eigenvalue weighted by Gasteiger charge is -2.58. The quantitative estimate of drug-likeness (QED) is 0.788. The molecule has 0 aromatic rings. The highest BCUT2D eigenvalue weighted by Gasteiger charge is 2.60. The molecule has 3 aliphatic heterocycles. The predicted octanol–water partition coefficient (Wildman–Crippen LogP) is 2.78. The Bertz CT molecular complexity index is 635. The fraction of sp³-hybridized carbons (Fsp3) is 0.900. The number of likely N-dealkylation sites (tertiary alicyclic amines) is 2. The van der Waals surface area contributed by atoms with Gasteiger partial charge in [0.2, 0.25) is 0 Å². The van der Waals surface area contributed by atoms with Crippen LogP contribution in [0.3, 0.4) is 0 Å².